The van der Waals surface area contributed by atoms with E-state index in [0.717, 1.165) is 44.9 Å². The average molecular weight is 532 g/mol. The zero-order valence-corrected chi connectivity index (χ0v) is 25.4. The molecule has 38 heavy (non-hydrogen) atoms. The molecule has 4 rings (SSSR count). The van der Waals surface area contributed by atoms with Crippen LogP contribution in [0.25, 0.3) is 0 Å². The van der Waals surface area contributed by atoms with E-state index in [9.17, 15) is 14.7 Å². The predicted molar refractivity (Wildman–Crippen MR) is 149 cm³/mol. The van der Waals surface area contributed by atoms with Gasteiger partial charge in [0.2, 0.25) is 6.41 Å². The number of carbonyl (C=O) groups excluding carboxylic acids is 2. The van der Waals surface area contributed by atoms with Crippen molar-refractivity contribution in [3.05, 3.63) is 12.3 Å². The molecule has 6 nitrogen and oxygen atoms in total. The minimum Gasteiger partial charge on any atom is -0.469 e. The van der Waals surface area contributed by atoms with Gasteiger partial charge >= 0.3 is 5.97 Å². The van der Waals surface area contributed by atoms with Crippen molar-refractivity contribution < 1.29 is 24.2 Å². The Hall–Kier alpha value is -1.40. The van der Waals surface area contributed by atoms with E-state index in [-0.39, 0.29) is 39.8 Å². The fourth-order valence-corrected chi connectivity index (χ4v) is 10.4. The Bertz CT molecular complexity index is 954. The summed E-state index contributed by atoms with van der Waals surface area (Å²) in [5.74, 6) is 1.37. The van der Waals surface area contributed by atoms with Gasteiger partial charge in [-0.1, -0.05) is 26.8 Å². The van der Waals surface area contributed by atoms with Crippen LogP contribution in [0.3, 0.4) is 0 Å². The van der Waals surface area contributed by atoms with Crippen molar-refractivity contribution in [3.63, 3.8) is 0 Å². The van der Waals surface area contributed by atoms with Crippen LogP contribution in [-0.2, 0) is 19.1 Å². The summed E-state index contributed by atoms with van der Waals surface area (Å²) >= 11 is 0. The monoisotopic (exact) mass is 531 g/mol. The highest BCUT2D eigenvalue weighted by molar-refractivity contribution is 5.76. The van der Waals surface area contributed by atoms with E-state index in [1.54, 1.807) is 6.20 Å². The van der Waals surface area contributed by atoms with Crippen molar-refractivity contribution in [2.24, 2.45) is 45.3 Å². The lowest BCUT2D eigenvalue weighted by Gasteiger charge is -2.67. The van der Waals surface area contributed by atoms with Crippen molar-refractivity contribution in [1.29, 1.82) is 0 Å². The SMILES string of the molecule is COC(=O)C(C)(C)[C@@H]1CC[C@]2(C)[C@H](CC[C@@H]3[C@@H]([C@]4(C)CC[C@H](C(C)(C)O)O4)CC[C@]32C)[C@@]1(C)/C=C/NC=O. The third-order valence-corrected chi connectivity index (χ3v) is 12.6. The second-order valence-corrected chi connectivity index (χ2v) is 15.1. The van der Waals surface area contributed by atoms with Crippen molar-refractivity contribution in [1.82, 2.24) is 5.32 Å². The Kier molecular flexibility index (Phi) is 7.48. The molecule has 4 fully saturated rings. The molecule has 2 N–H and O–H groups in total. The maximum atomic E-state index is 13.0. The summed E-state index contributed by atoms with van der Waals surface area (Å²) in [6.07, 6.45) is 13.1. The number of ether oxygens (including phenoxy) is 2. The summed E-state index contributed by atoms with van der Waals surface area (Å²) in [4.78, 5) is 24.2. The van der Waals surface area contributed by atoms with Crippen LogP contribution in [0, 0.1) is 45.3 Å². The van der Waals surface area contributed by atoms with E-state index in [2.05, 4.69) is 39.1 Å². The van der Waals surface area contributed by atoms with Crippen molar-refractivity contribution in [2.75, 3.05) is 7.11 Å². The second-order valence-electron chi connectivity index (χ2n) is 15.1. The van der Waals surface area contributed by atoms with Gasteiger partial charge in [0.15, 0.2) is 0 Å². The molecule has 1 saturated heterocycles. The van der Waals surface area contributed by atoms with Gasteiger partial charge < -0.3 is 19.9 Å². The summed E-state index contributed by atoms with van der Waals surface area (Å²) in [6.45, 7) is 17.5. The molecule has 3 saturated carbocycles. The Morgan fingerprint density at radius 3 is 2.18 bits per heavy atom. The molecule has 0 unspecified atom stereocenters. The summed E-state index contributed by atoms with van der Waals surface area (Å²) in [6, 6.07) is 0. The molecule has 6 heteroatoms. The molecular formula is C32H53NO5. The zero-order chi connectivity index (χ0) is 28.4. The minimum absolute atomic E-state index is 0.0955. The molecule has 0 radical (unpaired) electrons. The fourth-order valence-electron chi connectivity index (χ4n) is 10.4. The van der Waals surface area contributed by atoms with Crippen LogP contribution in [0.2, 0.25) is 0 Å². The van der Waals surface area contributed by atoms with Gasteiger partial charge in [-0.2, -0.15) is 0 Å². The first kappa shape index (κ1) is 29.6. The topological polar surface area (TPSA) is 84.9 Å². The van der Waals surface area contributed by atoms with Crippen molar-refractivity contribution >= 4 is 12.4 Å². The number of rotatable bonds is 7. The number of nitrogens with one attached hydrogen (secondary N) is 1. The molecule has 0 aromatic heterocycles. The van der Waals surface area contributed by atoms with Crippen LogP contribution in [0.1, 0.15) is 107 Å². The molecule has 9 atom stereocenters. The molecule has 0 bridgehead atoms. The van der Waals surface area contributed by atoms with Crippen LogP contribution >= 0.6 is 0 Å². The first-order valence-corrected chi connectivity index (χ1v) is 14.9. The van der Waals surface area contributed by atoms with E-state index < -0.39 is 11.0 Å². The lowest BCUT2D eigenvalue weighted by molar-refractivity contribution is -0.195. The van der Waals surface area contributed by atoms with Gasteiger partial charge in [0.25, 0.3) is 0 Å². The smallest absolute Gasteiger partial charge is 0.311 e. The molecule has 0 aromatic rings. The zero-order valence-electron chi connectivity index (χ0n) is 25.4. The van der Waals surface area contributed by atoms with Gasteiger partial charge in [0, 0.05) is 6.20 Å². The van der Waals surface area contributed by atoms with Crippen LogP contribution in [0.5, 0.6) is 0 Å². The number of allylic oxidation sites excluding steroid dienone is 1. The molecular weight excluding hydrogens is 478 g/mol. The Balaban J connectivity index is 1.69. The van der Waals surface area contributed by atoms with Gasteiger partial charge in [-0.25, -0.2) is 0 Å². The highest BCUT2D eigenvalue weighted by Gasteiger charge is 2.69. The number of amides is 1. The lowest BCUT2D eigenvalue weighted by Crippen LogP contribution is -2.61. The van der Waals surface area contributed by atoms with Crippen LogP contribution in [-0.4, -0.2) is 41.9 Å². The number of carbonyl (C=O) groups is 2. The number of aliphatic hydroxyl groups is 1. The van der Waals surface area contributed by atoms with E-state index in [1.807, 2.05) is 27.7 Å². The molecule has 0 aromatic carbocycles. The van der Waals surface area contributed by atoms with E-state index in [1.165, 1.54) is 13.5 Å². The van der Waals surface area contributed by atoms with E-state index in [0.29, 0.717) is 24.2 Å². The Morgan fingerprint density at radius 1 is 0.947 bits per heavy atom. The Labute approximate surface area is 230 Å². The number of esters is 1. The van der Waals surface area contributed by atoms with Gasteiger partial charge in [-0.05, 0) is 126 Å². The maximum Gasteiger partial charge on any atom is 0.311 e. The van der Waals surface area contributed by atoms with Crippen LogP contribution in [0.4, 0.5) is 0 Å². The van der Waals surface area contributed by atoms with Gasteiger partial charge in [0.05, 0.1) is 29.8 Å². The van der Waals surface area contributed by atoms with Crippen LogP contribution < -0.4 is 5.32 Å². The van der Waals surface area contributed by atoms with Crippen molar-refractivity contribution in [2.45, 2.75) is 124 Å². The normalized spacial score (nSPS) is 45.5. The molecule has 4 aliphatic rings. The lowest BCUT2D eigenvalue weighted by atomic mass is 9.37. The number of hydrogen-bond donors (Lipinski definition) is 2. The number of fused-ring (bicyclic) bond motifs is 3. The summed E-state index contributed by atoms with van der Waals surface area (Å²) in [5.41, 5.74) is -1.67. The highest BCUT2D eigenvalue weighted by atomic mass is 16.5. The van der Waals surface area contributed by atoms with Gasteiger partial charge in [-0.15, -0.1) is 0 Å². The van der Waals surface area contributed by atoms with Crippen LogP contribution in [0.15, 0.2) is 12.3 Å². The van der Waals surface area contributed by atoms with E-state index >= 15 is 0 Å². The average Bonchev–Trinajstić information content (AvgIpc) is 3.41. The summed E-state index contributed by atoms with van der Waals surface area (Å²) < 4.78 is 12.0. The molecule has 1 heterocycles. The summed E-state index contributed by atoms with van der Waals surface area (Å²) in [7, 11) is 1.48. The first-order valence-electron chi connectivity index (χ1n) is 14.9. The first-order chi connectivity index (χ1) is 17.5. The largest absolute Gasteiger partial charge is 0.469 e. The third-order valence-electron chi connectivity index (χ3n) is 12.6. The molecule has 1 amide bonds. The standard InChI is InChI=1S/C32H53NO5/c1-27(2,26(35)37-9)23-13-16-31(7)24(29(23,5)18-19-33-20-34)11-10-21-22(12-15-30(21,31)6)32(8)17-14-25(38-32)28(3,4)36/h18-25,36H,10-17H2,1-9H3,(H,33,34)/b19-18+/t21-,22+,23+,24-,25-,29+,30-,31-,32+/m1/s1. The highest BCUT2D eigenvalue weighted by Crippen LogP contribution is 2.74. The molecule has 3 aliphatic carbocycles. The predicted octanol–water partition coefficient (Wildman–Crippen LogP) is 6.02. The number of methoxy groups -OCH3 is 1. The van der Waals surface area contributed by atoms with Crippen molar-refractivity contribution in [3.8, 4) is 0 Å². The van der Waals surface area contributed by atoms with Gasteiger partial charge in [-0.3, -0.25) is 9.59 Å². The second kappa shape index (κ2) is 9.61. The molecule has 1 aliphatic heterocycles. The van der Waals surface area contributed by atoms with Gasteiger partial charge in [0.1, 0.15) is 0 Å². The number of hydrogen-bond acceptors (Lipinski definition) is 5. The summed E-state index contributed by atoms with van der Waals surface area (Å²) in [5, 5.41) is 13.4. The fraction of sp³-hybridized carbons (Fsp3) is 0.875. The third kappa shape index (κ3) is 4.27. The molecule has 0 spiro atoms. The maximum absolute atomic E-state index is 13.0. The minimum atomic E-state index is -0.822. The molecule has 216 valence electrons. The quantitative estimate of drug-likeness (QED) is 0.310. The Morgan fingerprint density at radius 2 is 1.61 bits per heavy atom. The van der Waals surface area contributed by atoms with E-state index in [4.69, 9.17) is 9.47 Å².